The lowest BCUT2D eigenvalue weighted by atomic mass is 10.2. The molecule has 0 aliphatic rings. The second-order valence-electron chi connectivity index (χ2n) is 4.54. The SMILES string of the molecule is CC(C)COCCCNCC(=O)OC(C)C. The van der Waals surface area contributed by atoms with E-state index < -0.39 is 0 Å². The van der Waals surface area contributed by atoms with Crippen LogP contribution in [0.5, 0.6) is 0 Å². The van der Waals surface area contributed by atoms with E-state index in [0.717, 1.165) is 26.2 Å². The number of esters is 1. The Bertz CT molecular complexity index is 181. The highest BCUT2D eigenvalue weighted by molar-refractivity contribution is 5.71. The van der Waals surface area contributed by atoms with Crippen LogP contribution < -0.4 is 5.32 Å². The first kappa shape index (κ1) is 15.4. The molecule has 1 N–H and O–H groups in total. The van der Waals surface area contributed by atoms with Crippen LogP contribution in [0.15, 0.2) is 0 Å². The van der Waals surface area contributed by atoms with Gasteiger partial charge in [0.2, 0.25) is 0 Å². The highest BCUT2D eigenvalue weighted by atomic mass is 16.5. The molecule has 96 valence electrons. The molecule has 0 bridgehead atoms. The molecule has 0 radical (unpaired) electrons. The number of carbonyl (C=O) groups excluding carboxylic acids is 1. The third-order valence-electron chi connectivity index (χ3n) is 1.73. The van der Waals surface area contributed by atoms with Crippen LogP contribution in [-0.4, -0.2) is 38.4 Å². The molecule has 4 heteroatoms. The van der Waals surface area contributed by atoms with Gasteiger partial charge in [-0.15, -0.1) is 0 Å². The molecule has 0 aromatic carbocycles. The molecule has 16 heavy (non-hydrogen) atoms. The Morgan fingerprint density at radius 3 is 2.50 bits per heavy atom. The average Bonchev–Trinajstić information content (AvgIpc) is 2.14. The summed E-state index contributed by atoms with van der Waals surface area (Å²) in [5.41, 5.74) is 0. The first-order chi connectivity index (χ1) is 7.52. The molecule has 0 atom stereocenters. The van der Waals surface area contributed by atoms with Crippen molar-refractivity contribution in [3.8, 4) is 0 Å². The standard InChI is InChI=1S/C12H25NO3/c1-10(2)9-15-7-5-6-13-8-12(14)16-11(3)4/h10-11,13H,5-9H2,1-4H3. The fourth-order valence-electron chi connectivity index (χ4n) is 1.11. The van der Waals surface area contributed by atoms with Crippen LogP contribution in [0.3, 0.4) is 0 Å². The maximum absolute atomic E-state index is 11.1. The van der Waals surface area contributed by atoms with Crippen molar-refractivity contribution in [2.24, 2.45) is 5.92 Å². The van der Waals surface area contributed by atoms with Gasteiger partial charge in [0.25, 0.3) is 0 Å². The smallest absolute Gasteiger partial charge is 0.320 e. The zero-order chi connectivity index (χ0) is 12.4. The van der Waals surface area contributed by atoms with E-state index in [1.807, 2.05) is 13.8 Å². The number of nitrogens with one attached hydrogen (secondary N) is 1. The Balaban J connectivity index is 3.18. The Labute approximate surface area is 98.7 Å². The quantitative estimate of drug-likeness (QED) is 0.483. The summed E-state index contributed by atoms with van der Waals surface area (Å²) >= 11 is 0. The summed E-state index contributed by atoms with van der Waals surface area (Å²) in [5.74, 6) is 0.382. The molecule has 0 aromatic heterocycles. The minimum absolute atomic E-state index is 0.0383. The summed E-state index contributed by atoms with van der Waals surface area (Å²) in [6.45, 7) is 10.5. The summed E-state index contributed by atoms with van der Waals surface area (Å²) in [6, 6.07) is 0. The second kappa shape index (κ2) is 9.60. The number of ether oxygens (including phenoxy) is 2. The van der Waals surface area contributed by atoms with Crippen LogP contribution in [0.4, 0.5) is 0 Å². The highest BCUT2D eigenvalue weighted by Gasteiger charge is 2.03. The minimum Gasteiger partial charge on any atom is -0.462 e. The maximum atomic E-state index is 11.1. The first-order valence-corrected chi connectivity index (χ1v) is 6.00. The van der Waals surface area contributed by atoms with Gasteiger partial charge < -0.3 is 14.8 Å². The van der Waals surface area contributed by atoms with E-state index in [0.29, 0.717) is 5.92 Å². The Morgan fingerprint density at radius 2 is 1.94 bits per heavy atom. The molecule has 0 heterocycles. The van der Waals surface area contributed by atoms with Crippen LogP contribution in [0.2, 0.25) is 0 Å². The number of hydrogen-bond acceptors (Lipinski definition) is 4. The van der Waals surface area contributed by atoms with Gasteiger partial charge in [-0.2, -0.15) is 0 Å². The molecule has 0 aliphatic carbocycles. The Hall–Kier alpha value is -0.610. The van der Waals surface area contributed by atoms with Gasteiger partial charge >= 0.3 is 5.97 Å². The topological polar surface area (TPSA) is 47.6 Å². The molecule has 0 spiro atoms. The van der Waals surface area contributed by atoms with Crippen molar-refractivity contribution >= 4 is 5.97 Å². The fraction of sp³-hybridized carbons (Fsp3) is 0.917. The predicted molar refractivity (Wildman–Crippen MR) is 64.4 cm³/mol. The lowest BCUT2D eigenvalue weighted by Gasteiger charge is -2.09. The van der Waals surface area contributed by atoms with Gasteiger partial charge in [-0.05, 0) is 32.7 Å². The molecule has 4 nitrogen and oxygen atoms in total. The molecule has 0 rings (SSSR count). The van der Waals surface area contributed by atoms with Crippen molar-refractivity contribution in [3.05, 3.63) is 0 Å². The van der Waals surface area contributed by atoms with Gasteiger partial charge in [-0.1, -0.05) is 13.8 Å². The lowest BCUT2D eigenvalue weighted by Crippen LogP contribution is -2.27. The third kappa shape index (κ3) is 11.5. The average molecular weight is 231 g/mol. The van der Waals surface area contributed by atoms with E-state index >= 15 is 0 Å². The van der Waals surface area contributed by atoms with Gasteiger partial charge in [0.15, 0.2) is 0 Å². The molecule has 0 aliphatic heterocycles. The molecular weight excluding hydrogens is 206 g/mol. The summed E-state index contributed by atoms with van der Waals surface area (Å²) < 4.78 is 10.4. The van der Waals surface area contributed by atoms with Gasteiger partial charge in [-0.3, -0.25) is 4.79 Å². The van der Waals surface area contributed by atoms with Crippen molar-refractivity contribution in [2.45, 2.75) is 40.2 Å². The first-order valence-electron chi connectivity index (χ1n) is 6.00. The van der Waals surface area contributed by atoms with Gasteiger partial charge in [-0.25, -0.2) is 0 Å². The zero-order valence-electron chi connectivity index (χ0n) is 10.9. The Kier molecular flexibility index (Phi) is 9.24. The number of carbonyl (C=O) groups is 1. The van der Waals surface area contributed by atoms with E-state index in [2.05, 4.69) is 19.2 Å². The van der Waals surface area contributed by atoms with Crippen LogP contribution in [0.25, 0.3) is 0 Å². The molecule has 0 unspecified atom stereocenters. The van der Waals surface area contributed by atoms with Crippen molar-refractivity contribution in [1.29, 1.82) is 0 Å². The summed E-state index contributed by atoms with van der Waals surface area (Å²) in [5, 5.41) is 3.02. The van der Waals surface area contributed by atoms with Crippen molar-refractivity contribution in [3.63, 3.8) is 0 Å². The summed E-state index contributed by atoms with van der Waals surface area (Å²) in [4.78, 5) is 11.1. The number of rotatable bonds is 9. The molecule has 0 aromatic rings. The Morgan fingerprint density at radius 1 is 1.25 bits per heavy atom. The normalized spacial score (nSPS) is 11.1. The van der Waals surface area contributed by atoms with Gasteiger partial charge in [0.05, 0.1) is 12.6 Å². The van der Waals surface area contributed by atoms with Gasteiger partial charge in [0, 0.05) is 13.2 Å². The largest absolute Gasteiger partial charge is 0.462 e. The van der Waals surface area contributed by atoms with Crippen LogP contribution >= 0.6 is 0 Å². The zero-order valence-corrected chi connectivity index (χ0v) is 10.9. The van der Waals surface area contributed by atoms with E-state index in [4.69, 9.17) is 9.47 Å². The van der Waals surface area contributed by atoms with E-state index in [9.17, 15) is 4.79 Å². The van der Waals surface area contributed by atoms with Crippen molar-refractivity contribution < 1.29 is 14.3 Å². The molecule has 0 amide bonds. The molecule has 0 fully saturated rings. The molecular formula is C12H25NO3. The van der Waals surface area contributed by atoms with E-state index in [1.165, 1.54) is 0 Å². The lowest BCUT2D eigenvalue weighted by molar-refractivity contribution is -0.146. The van der Waals surface area contributed by atoms with Gasteiger partial charge in [0.1, 0.15) is 0 Å². The third-order valence-corrected chi connectivity index (χ3v) is 1.73. The van der Waals surface area contributed by atoms with E-state index in [1.54, 1.807) is 0 Å². The van der Waals surface area contributed by atoms with E-state index in [-0.39, 0.29) is 18.6 Å². The molecule has 0 saturated heterocycles. The van der Waals surface area contributed by atoms with Crippen LogP contribution in [-0.2, 0) is 14.3 Å². The van der Waals surface area contributed by atoms with Crippen LogP contribution in [0, 0.1) is 5.92 Å². The summed E-state index contributed by atoms with van der Waals surface area (Å²) in [6.07, 6.45) is 0.880. The molecule has 0 saturated carbocycles. The maximum Gasteiger partial charge on any atom is 0.320 e. The number of hydrogen-bond donors (Lipinski definition) is 1. The van der Waals surface area contributed by atoms with Crippen molar-refractivity contribution in [1.82, 2.24) is 5.32 Å². The van der Waals surface area contributed by atoms with Crippen molar-refractivity contribution in [2.75, 3.05) is 26.3 Å². The monoisotopic (exact) mass is 231 g/mol. The minimum atomic E-state index is -0.196. The fourth-order valence-corrected chi connectivity index (χ4v) is 1.11. The predicted octanol–water partition coefficient (Wildman–Crippen LogP) is 1.59. The second-order valence-corrected chi connectivity index (χ2v) is 4.54. The highest BCUT2D eigenvalue weighted by Crippen LogP contribution is 1.93. The van der Waals surface area contributed by atoms with Crippen LogP contribution in [0.1, 0.15) is 34.1 Å². The summed E-state index contributed by atoms with van der Waals surface area (Å²) in [7, 11) is 0.